The van der Waals surface area contributed by atoms with Gasteiger partial charge in [-0.2, -0.15) is 5.10 Å². The van der Waals surface area contributed by atoms with Crippen LogP contribution in [0.15, 0.2) is 30.9 Å². The Labute approximate surface area is 275 Å². The van der Waals surface area contributed by atoms with Gasteiger partial charge in [0.15, 0.2) is 5.82 Å². The molecule has 5 rings (SSSR count). The molecule has 4 aromatic rings. The van der Waals surface area contributed by atoms with Crippen LogP contribution in [0.2, 0.25) is 28.2 Å². The number of halogens is 2. The summed E-state index contributed by atoms with van der Waals surface area (Å²) in [7, 11) is -1.91. The lowest BCUT2D eigenvalue weighted by atomic mass is 10.1. The van der Waals surface area contributed by atoms with Crippen LogP contribution in [0, 0.1) is 0 Å². The quantitative estimate of drug-likeness (QED) is 0.187. The summed E-state index contributed by atoms with van der Waals surface area (Å²) in [6, 6.07) is 1.63. The van der Waals surface area contributed by atoms with Crippen LogP contribution in [-0.4, -0.2) is 62.6 Å². The minimum Gasteiger partial charge on any atom is -0.563 e. The second-order valence-corrected chi connectivity index (χ2v) is 19.6. The summed E-state index contributed by atoms with van der Waals surface area (Å²) in [5.74, 6) is 0.536. The second-order valence-electron chi connectivity index (χ2n) is 14.0. The van der Waals surface area contributed by atoms with Crippen LogP contribution >= 0.6 is 23.2 Å². The van der Waals surface area contributed by atoms with E-state index in [1.807, 2.05) is 27.8 Å². The highest BCUT2D eigenvalue weighted by atomic mass is 35.5. The van der Waals surface area contributed by atoms with Gasteiger partial charge < -0.3 is 13.9 Å². The van der Waals surface area contributed by atoms with Crippen molar-refractivity contribution in [2.75, 3.05) is 18.5 Å². The Kier molecular flexibility index (Phi) is 9.45. The molecule has 0 aliphatic carbocycles. The van der Waals surface area contributed by atoms with E-state index in [-0.39, 0.29) is 16.3 Å². The molecule has 11 nitrogen and oxygen atoms in total. The monoisotopic (exact) mass is 675 g/mol. The summed E-state index contributed by atoms with van der Waals surface area (Å²) < 4.78 is 23.3. The number of benzene rings is 1. The van der Waals surface area contributed by atoms with Crippen molar-refractivity contribution in [2.24, 2.45) is 0 Å². The predicted octanol–water partition coefficient (Wildman–Crippen LogP) is 8.46. The molecule has 0 bridgehead atoms. The van der Waals surface area contributed by atoms with Crippen molar-refractivity contribution in [3.05, 3.63) is 40.9 Å². The molecule has 245 valence electrons. The number of hydrogen-bond acceptors (Lipinski definition) is 7. The Morgan fingerprint density at radius 1 is 1.13 bits per heavy atom. The van der Waals surface area contributed by atoms with E-state index in [0.29, 0.717) is 47.2 Å². The van der Waals surface area contributed by atoms with Crippen LogP contribution in [0.1, 0.15) is 67.0 Å². The molecule has 14 heteroatoms. The average Bonchev–Trinajstić information content (AvgIpc) is 3.69. The van der Waals surface area contributed by atoms with Gasteiger partial charge in [-0.05, 0) is 54.4 Å². The largest absolute Gasteiger partial charge is 0.563 e. The minimum atomic E-state index is -1.91. The SMILES string of the molecule is CC(C)(C)OC(=O)Nc1cc(Cl)c(Cl)c2c1c(-c1cnn(C3CCCCO3)c1)cn2-c1cn(CCO[Si-](C)(C)C(C)(C)C)nn1. The van der Waals surface area contributed by atoms with Gasteiger partial charge in [0, 0.05) is 42.1 Å². The number of anilines is 1. The van der Waals surface area contributed by atoms with Gasteiger partial charge in [-0.15, -0.1) is 23.2 Å². The number of aromatic nitrogens is 6. The lowest BCUT2D eigenvalue weighted by molar-refractivity contribution is -0.0394. The number of ether oxygens (including phenoxy) is 2. The van der Waals surface area contributed by atoms with Gasteiger partial charge in [-0.3, -0.25) is 9.88 Å². The topological polar surface area (TPSA) is 110 Å². The third-order valence-electron chi connectivity index (χ3n) is 8.32. The number of carbonyl (C=O) groups is 1. The molecule has 1 aliphatic heterocycles. The van der Waals surface area contributed by atoms with Crippen LogP contribution < -0.4 is 5.32 Å². The summed E-state index contributed by atoms with van der Waals surface area (Å²) in [6.07, 6.45) is 9.75. The Balaban J connectivity index is 1.56. The molecule has 1 atom stereocenters. The van der Waals surface area contributed by atoms with Gasteiger partial charge in [0.05, 0.1) is 40.2 Å². The molecule has 0 saturated carbocycles. The maximum Gasteiger partial charge on any atom is 0.412 e. The molecule has 1 fully saturated rings. The Hall–Kier alpha value is -2.90. The molecule has 1 amide bonds. The number of hydrogen-bond donors (Lipinski definition) is 1. The molecular formula is C31H43Cl2N7O4Si-. The van der Waals surface area contributed by atoms with Crippen molar-refractivity contribution in [2.45, 2.75) is 97.3 Å². The van der Waals surface area contributed by atoms with Crippen molar-refractivity contribution in [3.63, 3.8) is 0 Å². The Bertz CT molecular complexity index is 1680. The number of fused-ring (bicyclic) bond motifs is 1. The molecule has 0 radical (unpaired) electrons. The molecule has 3 aromatic heterocycles. The standard InChI is InChI=1S/C31H43Cl2N7O4Si/c1-30(2,3)44-29(41)35-23-15-22(32)27(33)28-26(23)21(20-16-34-40(17-20)25-11-9-10-13-42-25)18-39(28)24-19-38(37-36-24)12-14-43-45(7,8)31(4,5)6/h15-19,25H,9-14H2,1-8H3,(H,35,41)/q-1. The van der Waals surface area contributed by atoms with Crippen LogP contribution in [0.4, 0.5) is 10.5 Å². The highest BCUT2D eigenvalue weighted by molar-refractivity contribution is 6.74. The molecule has 1 aromatic carbocycles. The first-order chi connectivity index (χ1) is 21.0. The number of nitrogens with one attached hydrogen (secondary N) is 1. The van der Waals surface area contributed by atoms with Crippen LogP contribution in [0.5, 0.6) is 0 Å². The highest BCUT2D eigenvalue weighted by Gasteiger charge is 2.27. The molecule has 45 heavy (non-hydrogen) atoms. The second kappa shape index (κ2) is 12.7. The first-order valence-corrected chi connectivity index (χ1v) is 18.9. The lowest BCUT2D eigenvalue weighted by Crippen LogP contribution is -2.41. The maximum absolute atomic E-state index is 13.0. The highest BCUT2D eigenvalue weighted by Crippen LogP contribution is 2.44. The fourth-order valence-corrected chi connectivity index (χ4v) is 6.44. The van der Waals surface area contributed by atoms with Crippen molar-refractivity contribution in [1.82, 2.24) is 29.3 Å². The average molecular weight is 677 g/mol. The smallest absolute Gasteiger partial charge is 0.412 e. The molecule has 1 aliphatic rings. The minimum absolute atomic E-state index is 0.110. The fourth-order valence-electron chi connectivity index (χ4n) is 4.97. The van der Waals surface area contributed by atoms with Crippen LogP contribution in [0.25, 0.3) is 27.8 Å². The summed E-state index contributed by atoms with van der Waals surface area (Å²) in [4.78, 5) is 13.0. The zero-order valence-corrected chi connectivity index (χ0v) is 29.8. The van der Waals surface area contributed by atoms with Crippen molar-refractivity contribution >= 4 is 54.2 Å². The molecule has 0 spiro atoms. The summed E-state index contributed by atoms with van der Waals surface area (Å²) in [5, 5.41) is 17.7. The number of carbonyl (C=O) groups excluding carboxylic acids is 1. The van der Waals surface area contributed by atoms with Gasteiger partial charge in [0.2, 0.25) is 0 Å². The predicted molar refractivity (Wildman–Crippen MR) is 180 cm³/mol. The third kappa shape index (κ3) is 7.41. The van der Waals surface area contributed by atoms with E-state index in [2.05, 4.69) is 54.6 Å². The first-order valence-electron chi connectivity index (χ1n) is 15.3. The molecular weight excluding hydrogens is 633 g/mol. The molecule has 1 N–H and O–H groups in total. The van der Waals surface area contributed by atoms with Gasteiger partial charge in [-0.1, -0.05) is 49.2 Å². The summed E-state index contributed by atoms with van der Waals surface area (Å²) in [6.45, 7) is 18.3. The van der Waals surface area contributed by atoms with E-state index in [0.717, 1.165) is 30.4 Å². The Morgan fingerprint density at radius 3 is 2.56 bits per heavy atom. The maximum atomic E-state index is 13.0. The lowest BCUT2D eigenvalue weighted by Gasteiger charge is -2.48. The van der Waals surface area contributed by atoms with E-state index in [1.54, 1.807) is 37.7 Å². The zero-order valence-electron chi connectivity index (χ0n) is 27.3. The van der Waals surface area contributed by atoms with E-state index >= 15 is 0 Å². The van der Waals surface area contributed by atoms with E-state index < -0.39 is 20.0 Å². The van der Waals surface area contributed by atoms with Crippen LogP contribution in [-0.2, 0) is 20.4 Å². The summed E-state index contributed by atoms with van der Waals surface area (Å²) >= 11 is 13.6. The Morgan fingerprint density at radius 2 is 1.89 bits per heavy atom. The van der Waals surface area contributed by atoms with Crippen LogP contribution in [0.3, 0.4) is 0 Å². The van der Waals surface area contributed by atoms with Gasteiger partial charge in [0.25, 0.3) is 0 Å². The van der Waals surface area contributed by atoms with Gasteiger partial charge in [0.1, 0.15) is 11.8 Å². The van der Waals surface area contributed by atoms with Gasteiger partial charge in [-0.25, -0.2) is 14.2 Å². The molecule has 4 heterocycles. The fraction of sp³-hybridized carbons (Fsp3) is 0.548. The third-order valence-corrected chi connectivity index (χ3v) is 13.6. The first kappa shape index (κ1) is 33.5. The number of nitrogens with zero attached hydrogens (tertiary/aromatic N) is 6. The van der Waals surface area contributed by atoms with Gasteiger partial charge >= 0.3 is 6.09 Å². The van der Waals surface area contributed by atoms with E-state index in [9.17, 15) is 4.79 Å². The molecule has 1 unspecified atom stereocenters. The van der Waals surface area contributed by atoms with E-state index in [4.69, 9.17) is 37.1 Å². The van der Waals surface area contributed by atoms with Crippen molar-refractivity contribution < 1.29 is 18.7 Å². The molecule has 1 saturated heterocycles. The summed E-state index contributed by atoms with van der Waals surface area (Å²) in [5.41, 5.74) is 1.90. The van der Waals surface area contributed by atoms with E-state index in [1.165, 1.54) is 0 Å². The number of amides is 1. The van der Waals surface area contributed by atoms with Crippen molar-refractivity contribution in [3.8, 4) is 16.9 Å². The zero-order chi connectivity index (χ0) is 32.7. The van der Waals surface area contributed by atoms with Crippen molar-refractivity contribution in [1.29, 1.82) is 0 Å². The number of rotatable bonds is 8. The normalized spacial score (nSPS) is 16.4.